The standard InChI is InChI=1S/C22H26N2O4/c1-15-6-2-5-9-19(15)24-20(25)14-28-21(26)13-23-22(27)18-11-10-16-7-3-4-8-17(16)12-18/h3-4,7-8,10-12,15,19H,2,5-6,9,13-14H2,1H3,(H,23,27)(H,24,25)/t15-,19+/m0/s1. The van der Waals surface area contributed by atoms with Gasteiger partial charge in [-0.05, 0) is 41.7 Å². The minimum absolute atomic E-state index is 0.146. The van der Waals surface area contributed by atoms with Crippen molar-refractivity contribution in [3.05, 3.63) is 48.0 Å². The molecule has 0 heterocycles. The van der Waals surface area contributed by atoms with Crippen molar-refractivity contribution < 1.29 is 19.1 Å². The maximum atomic E-state index is 12.2. The molecule has 0 spiro atoms. The fourth-order valence-corrected chi connectivity index (χ4v) is 3.56. The van der Waals surface area contributed by atoms with Crippen LogP contribution >= 0.6 is 0 Å². The Kier molecular flexibility index (Phi) is 6.63. The van der Waals surface area contributed by atoms with Crippen molar-refractivity contribution in [2.75, 3.05) is 13.2 Å². The first-order valence-corrected chi connectivity index (χ1v) is 9.75. The van der Waals surface area contributed by atoms with Gasteiger partial charge in [-0.2, -0.15) is 0 Å². The van der Waals surface area contributed by atoms with Gasteiger partial charge in [0, 0.05) is 11.6 Å². The Bertz CT molecular complexity index is 864. The van der Waals surface area contributed by atoms with Gasteiger partial charge in [0.15, 0.2) is 6.61 Å². The second-order valence-electron chi connectivity index (χ2n) is 7.34. The summed E-state index contributed by atoms with van der Waals surface area (Å²) in [7, 11) is 0. The Morgan fingerprint density at radius 3 is 2.57 bits per heavy atom. The third kappa shape index (κ3) is 5.31. The Morgan fingerprint density at radius 2 is 1.79 bits per heavy atom. The Balaban J connectivity index is 1.41. The van der Waals surface area contributed by atoms with Crippen molar-refractivity contribution in [2.24, 2.45) is 5.92 Å². The number of fused-ring (bicyclic) bond motifs is 1. The molecule has 2 atom stereocenters. The van der Waals surface area contributed by atoms with Crippen LogP contribution in [-0.4, -0.2) is 37.0 Å². The molecular weight excluding hydrogens is 356 g/mol. The number of amides is 2. The summed E-state index contributed by atoms with van der Waals surface area (Å²) in [5, 5.41) is 7.45. The minimum Gasteiger partial charge on any atom is -0.454 e. The van der Waals surface area contributed by atoms with Crippen LogP contribution in [0.25, 0.3) is 10.8 Å². The lowest BCUT2D eigenvalue weighted by Gasteiger charge is -2.29. The predicted octanol–water partition coefficient (Wildman–Crippen LogP) is 2.81. The smallest absolute Gasteiger partial charge is 0.325 e. The fourth-order valence-electron chi connectivity index (χ4n) is 3.56. The molecule has 1 aliphatic carbocycles. The quantitative estimate of drug-likeness (QED) is 0.753. The molecule has 0 bridgehead atoms. The molecule has 2 aromatic rings. The molecule has 2 aromatic carbocycles. The molecule has 2 amide bonds. The molecule has 0 aromatic heterocycles. The van der Waals surface area contributed by atoms with Crippen LogP contribution < -0.4 is 10.6 Å². The van der Waals surface area contributed by atoms with Crippen molar-refractivity contribution in [2.45, 2.75) is 38.6 Å². The van der Waals surface area contributed by atoms with E-state index in [1.165, 1.54) is 6.42 Å². The van der Waals surface area contributed by atoms with Gasteiger partial charge in [0.1, 0.15) is 6.54 Å². The molecule has 2 N–H and O–H groups in total. The predicted molar refractivity (Wildman–Crippen MR) is 107 cm³/mol. The first-order valence-electron chi connectivity index (χ1n) is 9.75. The number of carbonyl (C=O) groups excluding carboxylic acids is 3. The highest BCUT2D eigenvalue weighted by Gasteiger charge is 2.23. The van der Waals surface area contributed by atoms with Gasteiger partial charge < -0.3 is 15.4 Å². The maximum absolute atomic E-state index is 12.2. The average Bonchev–Trinajstić information content (AvgIpc) is 2.71. The number of esters is 1. The monoisotopic (exact) mass is 382 g/mol. The number of hydrogen-bond acceptors (Lipinski definition) is 4. The molecular formula is C22H26N2O4. The molecule has 148 valence electrons. The lowest BCUT2D eigenvalue weighted by molar-refractivity contribution is -0.147. The Hall–Kier alpha value is -2.89. The summed E-state index contributed by atoms with van der Waals surface area (Å²) in [6.45, 7) is 1.52. The molecule has 0 radical (unpaired) electrons. The summed E-state index contributed by atoms with van der Waals surface area (Å²) in [6.07, 6.45) is 4.36. The van der Waals surface area contributed by atoms with Crippen LogP contribution in [-0.2, 0) is 14.3 Å². The third-order valence-electron chi connectivity index (χ3n) is 5.23. The molecule has 1 saturated carbocycles. The average molecular weight is 382 g/mol. The van der Waals surface area contributed by atoms with E-state index in [1.807, 2.05) is 30.3 Å². The molecule has 6 nitrogen and oxygen atoms in total. The third-order valence-corrected chi connectivity index (χ3v) is 5.23. The van der Waals surface area contributed by atoms with Crippen LogP contribution in [0.3, 0.4) is 0 Å². The van der Waals surface area contributed by atoms with Gasteiger partial charge in [0.2, 0.25) is 0 Å². The summed E-state index contributed by atoms with van der Waals surface area (Å²) in [5.41, 5.74) is 0.468. The van der Waals surface area contributed by atoms with Gasteiger partial charge in [-0.25, -0.2) is 0 Å². The van der Waals surface area contributed by atoms with Gasteiger partial charge in [0.05, 0.1) is 0 Å². The topological polar surface area (TPSA) is 84.5 Å². The number of rotatable bonds is 6. The normalized spacial score (nSPS) is 19.0. The number of carbonyl (C=O) groups is 3. The molecule has 1 fully saturated rings. The van der Waals surface area contributed by atoms with Crippen molar-refractivity contribution in [1.82, 2.24) is 10.6 Å². The van der Waals surface area contributed by atoms with E-state index in [-0.39, 0.29) is 31.0 Å². The maximum Gasteiger partial charge on any atom is 0.325 e. The first-order chi connectivity index (χ1) is 13.5. The first kappa shape index (κ1) is 19.9. The fraction of sp³-hybridized carbons (Fsp3) is 0.409. The Morgan fingerprint density at radius 1 is 1.04 bits per heavy atom. The molecule has 0 unspecified atom stereocenters. The molecule has 1 aliphatic rings. The van der Waals surface area contributed by atoms with Crippen molar-refractivity contribution in [3.63, 3.8) is 0 Å². The largest absolute Gasteiger partial charge is 0.454 e. The van der Waals surface area contributed by atoms with Crippen LogP contribution in [0.15, 0.2) is 42.5 Å². The van der Waals surface area contributed by atoms with Crippen molar-refractivity contribution in [3.8, 4) is 0 Å². The van der Waals surface area contributed by atoms with E-state index < -0.39 is 5.97 Å². The van der Waals surface area contributed by atoms with E-state index in [9.17, 15) is 14.4 Å². The number of benzene rings is 2. The van der Waals surface area contributed by atoms with Crippen molar-refractivity contribution >= 4 is 28.6 Å². The summed E-state index contributed by atoms with van der Waals surface area (Å²) in [4.78, 5) is 36.0. The lowest BCUT2D eigenvalue weighted by atomic mass is 9.86. The van der Waals surface area contributed by atoms with Crippen LogP contribution in [0.2, 0.25) is 0 Å². The molecule has 0 aliphatic heterocycles. The van der Waals surface area contributed by atoms with Crippen LogP contribution in [0, 0.1) is 5.92 Å². The van der Waals surface area contributed by atoms with Gasteiger partial charge >= 0.3 is 5.97 Å². The highest BCUT2D eigenvalue weighted by Crippen LogP contribution is 2.23. The summed E-state index contributed by atoms with van der Waals surface area (Å²) in [5.74, 6) is -0.855. The zero-order valence-corrected chi connectivity index (χ0v) is 16.1. The number of ether oxygens (including phenoxy) is 1. The summed E-state index contributed by atoms with van der Waals surface area (Å²) in [6, 6.07) is 13.2. The zero-order valence-electron chi connectivity index (χ0n) is 16.1. The second kappa shape index (κ2) is 9.35. The van der Waals surface area contributed by atoms with Crippen LogP contribution in [0.5, 0.6) is 0 Å². The number of nitrogens with one attached hydrogen (secondary N) is 2. The van der Waals surface area contributed by atoms with Gasteiger partial charge in [-0.1, -0.05) is 50.1 Å². The van der Waals surface area contributed by atoms with Crippen molar-refractivity contribution in [1.29, 1.82) is 0 Å². The molecule has 6 heteroatoms. The van der Waals surface area contributed by atoms with Gasteiger partial charge in [0.25, 0.3) is 11.8 Å². The Labute approximate surface area is 164 Å². The zero-order chi connectivity index (χ0) is 19.9. The van der Waals surface area contributed by atoms with E-state index in [0.29, 0.717) is 11.5 Å². The van der Waals surface area contributed by atoms with E-state index in [0.717, 1.165) is 30.0 Å². The van der Waals surface area contributed by atoms with E-state index in [1.54, 1.807) is 12.1 Å². The summed E-state index contributed by atoms with van der Waals surface area (Å²) < 4.78 is 4.97. The van der Waals surface area contributed by atoms with E-state index >= 15 is 0 Å². The van der Waals surface area contributed by atoms with Crippen LogP contribution in [0.4, 0.5) is 0 Å². The van der Waals surface area contributed by atoms with E-state index in [2.05, 4.69) is 17.6 Å². The molecule has 3 rings (SSSR count). The molecule has 0 saturated heterocycles. The lowest BCUT2D eigenvalue weighted by Crippen LogP contribution is -2.43. The van der Waals surface area contributed by atoms with Crippen LogP contribution in [0.1, 0.15) is 43.0 Å². The van der Waals surface area contributed by atoms with Gasteiger partial charge in [-0.3, -0.25) is 14.4 Å². The highest BCUT2D eigenvalue weighted by molar-refractivity contribution is 5.99. The van der Waals surface area contributed by atoms with Gasteiger partial charge in [-0.15, -0.1) is 0 Å². The molecule has 28 heavy (non-hydrogen) atoms. The highest BCUT2D eigenvalue weighted by atomic mass is 16.5. The minimum atomic E-state index is -0.638. The number of hydrogen-bond donors (Lipinski definition) is 2. The second-order valence-corrected chi connectivity index (χ2v) is 7.34. The summed E-state index contributed by atoms with van der Waals surface area (Å²) >= 11 is 0. The van der Waals surface area contributed by atoms with E-state index in [4.69, 9.17) is 4.74 Å². The SMILES string of the molecule is C[C@H]1CCCC[C@H]1NC(=O)COC(=O)CNC(=O)c1ccc2ccccc2c1.